The van der Waals surface area contributed by atoms with E-state index < -0.39 is 23.6 Å². The van der Waals surface area contributed by atoms with Crippen LogP contribution in [0.1, 0.15) is 5.56 Å². The average Bonchev–Trinajstić information content (AvgIpc) is 2.76. The predicted molar refractivity (Wildman–Crippen MR) is 68.9 cm³/mol. The van der Waals surface area contributed by atoms with Crippen LogP contribution in [0.4, 0.5) is 0 Å². The monoisotopic (exact) mass is 277 g/mol. The minimum absolute atomic E-state index is 0.0658. The van der Waals surface area contributed by atoms with Crippen molar-refractivity contribution in [1.82, 2.24) is 4.90 Å². The van der Waals surface area contributed by atoms with Crippen LogP contribution in [0.25, 0.3) is 0 Å². The molecule has 0 aliphatic carbocycles. The molecule has 1 heterocycles. The van der Waals surface area contributed by atoms with Gasteiger partial charge in [-0.1, -0.05) is 12.1 Å². The minimum atomic E-state index is -1.01. The Bertz CT molecular complexity index is 537. The molecule has 1 saturated heterocycles. The van der Waals surface area contributed by atoms with E-state index in [1.165, 1.54) is 12.0 Å². The van der Waals surface area contributed by atoms with Gasteiger partial charge in [-0.3, -0.25) is 14.4 Å². The number of likely N-dealkylation sites (tertiary alicyclic amines) is 1. The zero-order valence-electron chi connectivity index (χ0n) is 11.3. The number of nitrogens with zero attached hydrogens (tertiary/aromatic N) is 1. The molecular formula is C14H15NO5. The molecule has 1 unspecified atom stereocenters. The summed E-state index contributed by atoms with van der Waals surface area (Å²) < 4.78 is 9.57. The van der Waals surface area contributed by atoms with Crippen LogP contribution in [0.2, 0.25) is 0 Å². The number of Topliss-reactive ketones (excluding diaryl/α,β-unsaturated/α-hetero) is 1. The van der Waals surface area contributed by atoms with Crippen molar-refractivity contribution in [2.24, 2.45) is 5.92 Å². The van der Waals surface area contributed by atoms with Crippen LogP contribution in [0.5, 0.6) is 5.75 Å². The lowest BCUT2D eigenvalue weighted by Crippen LogP contribution is -2.26. The van der Waals surface area contributed by atoms with Crippen molar-refractivity contribution >= 4 is 17.7 Å². The van der Waals surface area contributed by atoms with Crippen molar-refractivity contribution in [3.05, 3.63) is 29.8 Å². The summed E-state index contributed by atoms with van der Waals surface area (Å²) in [6, 6.07) is 7.16. The van der Waals surface area contributed by atoms with Gasteiger partial charge in [0.25, 0.3) is 5.91 Å². The Labute approximate surface area is 116 Å². The molecule has 1 aliphatic rings. The van der Waals surface area contributed by atoms with Crippen LogP contribution in [-0.2, 0) is 25.7 Å². The van der Waals surface area contributed by atoms with Gasteiger partial charge in [-0.15, -0.1) is 0 Å². The summed E-state index contributed by atoms with van der Waals surface area (Å²) >= 11 is 0. The van der Waals surface area contributed by atoms with Crippen molar-refractivity contribution in [1.29, 1.82) is 0 Å². The van der Waals surface area contributed by atoms with Gasteiger partial charge in [0.05, 0.1) is 14.2 Å². The first kappa shape index (κ1) is 14.0. The number of rotatable bonds is 4. The van der Waals surface area contributed by atoms with Crippen LogP contribution in [0.15, 0.2) is 24.3 Å². The fraction of sp³-hybridized carbons (Fsp3) is 0.357. The number of methoxy groups -OCH3 is 2. The number of hydrogen-bond donors (Lipinski definition) is 0. The first-order valence-electron chi connectivity index (χ1n) is 6.10. The molecule has 0 radical (unpaired) electrons. The molecule has 0 N–H and O–H groups in total. The maximum absolute atomic E-state index is 11.8. The second-order valence-corrected chi connectivity index (χ2v) is 4.47. The Hall–Kier alpha value is -2.37. The SMILES string of the molecule is COC(=O)C1CN(Cc2ccc(OC)cc2)C(=O)C1=O. The summed E-state index contributed by atoms with van der Waals surface area (Å²) in [5.41, 5.74) is 0.859. The zero-order chi connectivity index (χ0) is 14.7. The molecule has 6 nitrogen and oxygen atoms in total. The third-order valence-electron chi connectivity index (χ3n) is 3.24. The quantitative estimate of drug-likeness (QED) is 0.452. The summed E-state index contributed by atoms with van der Waals surface area (Å²) in [6.45, 7) is 0.346. The minimum Gasteiger partial charge on any atom is -0.497 e. The summed E-state index contributed by atoms with van der Waals surface area (Å²) in [5, 5.41) is 0. The highest BCUT2D eigenvalue weighted by Crippen LogP contribution is 2.19. The number of ether oxygens (including phenoxy) is 2. The molecule has 6 heteroatoms. The Balaban J connectivity index is 2.08. The van der Waals surface area contributed by atoms with Crippen LogP contribution >= 0.6 is 0 Å². The van der Waals surface area contributed by atoms with Gasteiger partial charge in [0.1, 0.15) is 11.7 Å². The van der Waals surface area contributed by atoms with E-state index in [-0.39, 0.29) is 13.1 Å². The van der Waals surface area contributed by atoms with Crippen LogP contribution in [-0.4, -0.2) is 43.3 Å². The van der Waals surface area contributed by atoms with Crippen LogP contribution < -0.4 is 4.74 Å². The number of carbonyl (C=O) groups is 3. The number of hydrogen-bond acceptors (Lipinski definition) is 5. The molecule has 0 saturated carbocycles. The van der Waals surface area contributed by atoms with Gasteiger partial charge in [0, 0.05) is 13.1 Å². The normalized spacial score (nSPS) is 18.3. The number of amides is 1. The molecule has 1 atom stereocenters. The predicted octanol–water partition coefficient (Wildman–Crippen LogP) is 0.396. The maximum atomic E-state index is 11.8. The molecular weight excluding hydrogens is 262 g/mol. The van der Waals surface area contributed by atoms with E-state index in [1.54, 1.807) is 19.2 Å². The fourth-order valence-corrected chi connectivity index (χ4v) is 2.10. The van der Waals surface area contributed by atoms with E-state index in [0.717, 1.165) is 5.56 Å². The largest absolute Gasteiger partial charge is 0.497 e. The zero-order valence-corrected chi connectivity index (χ0v) is 11.3. The number of ketones is 1. The van der Waals surface area contributed by atoms with Gasteiger partial charge in [-0.05, 0) is 17.7 Å². The highest BCUT2D eigenvalue weighted by atomic mass is 16.5. The second kappa shape index (κ2) is 5.73. The van der Waals surface area contributed by atoms with E-state index >= 15 is 0 Å². The molecule has 1 fully saturated rings. The van der Waals surface area contributed by atoms with E-state index in [9.17, 15) is 14.4 Å². The molecule has 0 spiro atoms. The summed E-state index contributed by atoms with van der Waals surface area (Å²) in [6.07, 6.45) is 0. The lowest BCUT2D eigenvalue weighted by molar-refractivity contribution is -0.150. The fourth-order valence-electron chi connectivity index (χ4n) is 2.10. The molecule has 1 aromatic carbocycles. The van der Waals surface area contributed by atoms with E-state index in [4.69, 9.17) is 4.74 Å². The van der Waals surface area contributed by atoms with Gasteiger partial charge in [0.15, 0.2) is 0 Å². The van der Waals surface area contributed by atoms with E-state index in [2.05, 4.69) is 4.74 Å². The van der Waals surface area contributed by atoms with Gasteiger partial charge in [0.2, 0.25) is 5.78 Å². The third-order valence-corrected chi connectivity index (χ3v) is 3.24. The average molecular weight is 277 g/mol. The highest BCUT2D eigenvalue weighted by Gasteiger charge is 2.43. The van der Waals surface area contributed by atoms with Crippen molar-refractivity contribution in [3.63, 3.8) is 0 Å². The lowest BCUT2D eigenvalue weighted by Gasteiger charge is -2.15. The summed E-state index contributed by atoms with van der Waals surface area (Å²) in [5.74, 6) is -2.31. The Kier molecular flexibility index (Phi) is 4.02. The Morgan fingerprint density at radius 1 is 1.25 bits per heavy atom. The molecule has 106 valence electrons. The molecule has 2 rings (SSSR count). The summed E-state index contributed by atoms with van der Waals surface area (Å²) in [7, 11) is 2.77. The Morgan fingerprint density at radius 2 is 1.90 bits per heavy atom. The van der Waals surface area contributed by atoms with E-state index in [0.29, 0.717) is 5.75 Å². The van der Waals surface area contributed by atoms with E-state index in [1.807, 2.05) is 12.1 Å². The second-order valence-electron chi connectivity index (χ2n) is 4.47. The van der Waals surface area contributed by atoms with Crippen LogP contribution in [0.3, 0.4) is 0 Å². The molecule has 1 aromatic rings. The molecule has 0 aromatic heterocycles. The molecule has 20 heavy (non-hydrogen) atoms. The first-order chi connectivity index (χ1) is 9.56. The number of carbonyl (C=O) groups excluding carboxylic acids is 3. The number of esters is 1. The van der Waals surface area contributed by atoms with Crippen molar-refractivity contribution in [2.75, 3.05) is 20.8 Å². The maximum Gasteiger partial charge on any atom is 0.318 e. The topological polar surface area (TPSA) is 72.9 Å². The molecule has 1 amide bonds. The van der Waals surface area contributed by atoms with Crippen molar-refractivity contribution < 1.29 is 23.9 Å². The smallest absolute Gasteiger partial charge is 0.318 e. The molecule has 0 bridgehead atoms. The summed E-state index contributed by atoms with van der Waals surface area (Å²) in [4.78, 5) is 36.3. The van der Waals surface area contributed by atoms with Crippen LogP contribution in [0, 0.1) is 5.92 Å². The van der Waals surface area contributed by atoms with Crippen molar-refractivity contribution in [2.45, 2.75) is 6.54 Å². The Morgan fingerprint density at radius 3 is 2.45 bits per heavy atom. The molecule has 1 aliphatic heterocycles. The van der Waals surface area contributed by atoms with Gasteiger partial charge in [-0.25, -0.2) is 0 Å². The lowest BCUT2D eigenvalue weighted by atomic mass is 10.1. The van der Waals surface area contributed by atoms with Gasteiger partial charge < -0.3 is 14.4 Å². The number of benzene rings is 1. The first-order valence-corrected chi connectivity index (χ1v) is 6.10. The van der Waals surface area contributed by atoms with Crippen molar-refractivity contribution in [3.8, 4) is 5.75 Å². The third kappa shape index (κ3) is 2.64. The standard InChI is InChI=1S/C14H15NO5/c1-19-10-5-3-9(4-6-10)7-15-8-11(14(18)20-2)12(16)13(15)17/h3-6,11H,7-8H2,1-2H3. The van der Waals surface area contributed by atoms with Gasteiger partial charge >= 0.3 is 5.97 Å². The highest BCUT2D eigenvalue weighted by molar-refractivity contribution is 6.42. The van der Waals surface area contributed by atoms with Gasteiger partial charge in [-0.2, -0.15) is 0 Å².